The summed E-state index contributed by atoms with van der Waals surface area (Å²) < 4.78 is 6.10. The van der Waals surface area contributed by atoms with E-state index in [1.165, 1.54) is 0 Å². The first-order valence-electron chi connectivity index (χ1n) is 5.98. The molecule has 2 aromatic rings. The Labute approximate surface area is 130 Å². The van der Waals surface area contributed by atoms with E-state index in [4.69, 9.17) is 22.1 Å². The van der Waals surface area contributed by atoms with Crippen LogP contribution in [0.5, 0.6) is 0 Å². The van der Waals surface area contributed by atoms with Gasteiger partial charge in [0.15, 0.2) is 0 Å². The summed E-state index contributed by atoms with van der Waals surface area (Å²) in [5.74, 6) is -0.311. The average molecular weight is 355 g/mol. The third kappa shape index (κ3) is 4.25. The Morgan fingerprint density at radius 3 is 2.75 bits per heavy atom. The number of nitrogens with two attached hydrogens (primary N) is 1. The first-order valence-corrected chi connectivity index (χ1v) is 7.15. The van der Waals surface area contributed by atoms with Gasteiger partial charge in [-0.25, -0.2) is 0 Å². The third-order valence-electron chi connectivity index (χ3n) is 2.70. The lowest BCUT2D eigenvalue weighted by Crippen LogP contribution is -2.08. The van der Waals surface area contributed by atoms with Crippen molar-refractivity contribution < 1.29 is 9.53 Å². The van der Waals surface area contributed by atoms with Crippen LogP contribution in [0, 0.1) is 0 Å². The van der Waals surface area contributed by atoms with Gasteiger partial charge < -0.3 is 10.5 Å². The van der Waals surface area contributed by atoms with E-state index in [1.807, 2.05) is 24.3 Å². The molecule has 5 heteroatoms. The van der Waals surface area contributed by atoms with Crippen LogP contribution in [0.15, 0.2) is 46.9 Å². The van der Waals surface area contributed by atoms with Crippen molar-refractivity contribution in [2.24, 2.45) is 0 Å². The minimum atomic E-state index is -0.311. The van der Waals surface area contributed by atoms with Gasteiger partial charge in [0, 0.05) is 20.7 Å². The van der Waals surface area contributed by atoms with Gasteiger partial charge in [-0.2, -0.15) is 0 Å². The largest absolute Gasteiger partial charge is 0.461 e. The normalized spacial score (nSPS) is 10.3. The quantitative estimate of drug-likeness (QED) is 0.667. The SMILES string of the molecule is Nc1cccc(CC(=O)OCc2ccc(Br)cc2Cl)c1. The van der Waals surface area contributed by atoms with Gasteiger partial charge in [-0.15, -0.1) is 0 Å². The fourth-order valence-corrected chi connectivity index (χ4v) is 2.45. The molecular formula is C15H13BrClNO2. The van der Waals surface area contributed by atoms with Crippen molar-refractivity contribution in [2.75, 3.05) is 5.73 Å². The zero-order valence-electron chi connectivity index (χ0n) is 10.6. The molecule has 0 amide bonds. The number of hydrogen-bond acceptors (Lipinski definition) is 3. The molecular weight excluding hydrogens is 342 g/mol. The summed E-state index contributed by atoms with van der Waals surface area (Å²) in [7, 11) is 0. The van der Waals surface area contributed by atoms with Gasteiger partial charge in [-0.05, 0) is 29.8 Å². The maximum atomic E-state index is 11.8. The molecule has 0 aliphatic rings. The topological polar surface area (TPSA) is 52.3 Å². The minimum absolute atomic E-state index is 0.160. The third-order valence-corrected chi connectivity index (χ3v) is 3.55. The van der Waals surface area contributed by atoms with Gasteiger partial charge >= 0.3 is 5.97 Å². The van der Waals surface area contributed by atoms with Crippen molar-refractivity contribution in [2.45, 2.75) is 13.0 Å². The van der Waals surface area contributed by atoms with Gasteiger partial charge in [0.05, 0.1) is 6.42 Å². The number of nitrogen functional groups attached to an aromatic ring is 1. The van der Waals surface area contributed by atoms with Gasteiger partial charge in [-0.1, -0.05) is 45.7 Å². The van der Waals surface area contributed by atoms with E-state index in [1.54, 1.807) is 18.2 Å². The standard InChI is InChI=1S/C15H13BrClNO2/c16-12-5-4-11(14(17)8-12)9-20-15(19)7-10-2-1-3-13(18)6-10/h1-6,8H,7,9,18H2. The van der Waals surface area contributed by atoms with Crippen LogP contribution in [0.1, 0.15) is 11.1 Å². The highest BCUT2D eigenvalue weighted by atomic mass is 79.9. The molecule has 0 aromatic heterocycles. The van der Waals surface area contributed by atoms with Gasteiger partial charge in [0.25, 0.3) is 0 Å². The molecule has 0 radical (unpaired) electrons. The number of anilines is 1. The maximum absolute atomic E-state index is 11.8. The Morgan fingerprint density at radius 2 is 2.05 bits per heavy atom. The Bertz CT molecular complexity index is 631. The zero-order valence-corrected chi connectivity index (χ0v) is 12.9. The van der Waals surface area contributed by atoms with Crippen molar-refractivity contribution in [3.8, 4) is 0 Å². The molecule has 104 valence electrons. The second-order valence-electron chi connectivity index (χ2n) is 4.32. The molecule has 0 spiro atoms. The number of benzene rings is 2. The monoisotopic (exact) mass is 353 g/mol. The Hall–Kier alpha value is -1.52. The highest BCUT2D eigenvalue weighted by Gasteiger charge is 2.07. The fraction of sp³-hybridized carbons (Fsp3) is 0.133. The second-order valence-corrected chi connectivity index (χ2v) is 5.64. The molecule has 0 aliphatic heterocycles. The molecule has 0 saturated heterocycles. The molecule has 2 rings (SSSR count). The predicted molar refractivity (Wildman–Crippen MR) is 83.5 cm³/mol. The van der Waals surface area contributed by atoms with Crippen LogP contribution < -0.4 is 5.73 Å². The average Bonchev–Trinajstić information content (AvgIpc) is 2.37. The first kappa shape index (κ1) is 14.9. The smallest absolute Gasteiger partial charge is 0.310 e. The van der Waals surface area contributed by atoms with Crippen LogP contribution in [0.2, 0.25) is 5.02 Å². The van der Waals surface area contributed by atoms with Crippen LogP contribution in [0.3, 0.4) is 0 Å². The number of carbonyl (C=O) groups excluding carboxylic acids is 1. The second kappa shape index (κ2) is 6.77. The minimum Gasteiger partial charge on any atom is -0.461 e. The van der Waals surface area contributed by atoms with E-state index in [-0.39, 0.29) is 19.0 Å². The summed E-state index contributed by atoms with van der Waals surface area (Å²) in [4.78, 5) is 11.8. The van der Waals surface area contributed by atoms with Crippen LogP contribution >= 0.6 is 27.5 Å². The summed E-state index contributed by atoms with van der Waals surface area (Å²) in [5.41, 5.74) is 7.89. The molecule has 0 fully saturated rings. The Balaban J connectivity index is 1.92. The van der Waals surface area contributed by atoms with E-state index >= 15 is 0 Å². The van der Waals surface area contributed by atoms with E-state index < -0.39 is 0 Å². The number of halogens is 2. The number of carbonyl (C=O) groups is 1. The number of rotatable bonds is 4. The molecule has 2 N–H and O–H groups in total. The molecule has 20 heavy (non-hydrogen) atoms. The lowest BCUT2D eigenvalue weighted by atomic mass is 10.1. The number of ether oxygens (including phenoxy) is 1. The predicted octanol–water partition coefficient (Wildman–Crippen LogP) is 3.97. The van der Waals surface area contributed by atoms with Crippen molar-refractivity contribution in [1.82, 2.24) is 0 Å². The van der Waals surface area contributed by atoms with Crippen molar-refractivity contribution in [3.05, 3.63) is 63.1 Å². The van der Waals surface area contributed by atoms with Crippen molar-refractivity contribution in [1.29, 1.82) is 0 Å². The number of hydrogen-bond donors (Lipinski definition) is 1. The summed E-state index contributed by atoms with van der Waals surface area (Å²) >= 11 is 9.38. The van der Waals surface area contributed by atoms with Crippen molar-refractivity contribution in [3.63, 3.8) is 0 Å². The van der Waals surface area contributed by atoms with E-state index in [2.05, 4.69) is 15.9 Å². The van der Waals surface area contributed by atoms with Gasteiger partial charge in [0.2, 0.25) is 0 Å². The summed E-state index contributed by atoms with van der Waals surface area (Å²) in [6.45, 7) is 0.160. The molecule has 0 atom stereocenters. The highest BCUT2D eigenvalue weighted by molar-refractivity contribution is 9.10. The summed E-state index contributed by atoms with van der Waals surface area (Å²) in [6.07, 6.45) is 0.194. The summed E-state index contributed by atoms with van der Waals surface area (Å²) in [5, 5.41) is 0.566. The van der Waals surface area contributed by atoms with Gasteiger partial charge in [-0.3, -0.25) is 4.79 Å². The molecule has 0 unspecified atom stereocenters. The zero-order chi connectivity index (χ0) is 14.5. The fourth-order valence-electron chi connectivity index (χ4n) is 1.72. The Kier molecular flexibility index (Phi) is 5.04. The van der Waals surface area contributed by atoms with Crippen LogP contribution in [-0.2, 0) is 22.6 Å². The lowest BCUT2D eigenvalue weighted by molar-refractivity contribution is -0.144. The van der Waals surface area contributed by atoms with Crippen LogP contribution in [0.25, 0.3) is 0 Å². The van der Waals surface area contributed by atoms with Crippen LogP contribution in [0.4, 0.5) is 5.69 Å². The molecule has 3 nitrogen and oxygen atoms in total. The van der Waals surface area contributed by atoms with Crippen LogP contribution in [-0.4, -0.2) is 5.97 Å². The molecule has 0 heterocycles. The molecule has 0 saturated carbocycles. The molecule has 0 bridgehead atoms. The van der Waals surface area contributed by atoms with Crippen molar-refractivity contribution >= 4 is 39.2 Å². The first-order chi connectivity index (χ1) is 9.54. The number of esters is 1. The maximum Gasteiger partial charge on any atom is 0.310 e. The summed E-state index contributed by atoms with van der Waals surface area (Å²) in [6, 6.07) is 12.6. The molecule has 2 aromatic carbocycles. The highest BCUT2D eigenvalue weighted by Crippen LogP contribution is 2.22. The van der Waals surface area contributed by atoms with E-state index in [0.717, 1.165) is 15.6 Å². The molecule has 0 aliphatic carbocycles. The van der Waals surface area contributed by atoms with Gasteiger partial charge in [0.1, 0.15) is 6.61 Å². The van der Waals surface area contributed by atoms with E-state index in [9.17, 15) is 4.79 Å². The lowest BCUT2D eigenvalue weighted by Gasteiger charge is -2.07. The van der Waals surface area contributed by atoms with E-state index in [0.29, 0.717) is 10.7 Å². The Morgan fingerprint density at radius 1 is 1.25 bits per heavy atom.